The lowest BCUT2D eigenvalue weighted by atomic mass is 10.1. The van der Waals surface area contributed by atoms with Gasteiger partial charge in [0.15, 0.2) is 0 Å². The molecule has 1 aromatic carbocycles. The first-order valence-electron chi connectivity index (χ1n) is 6.54. The van der Waals surface area contributed by atoms with Crippen LogP contribution in [0.15, 0.2) is 30.5 Å². The topological polar surface area (TPSA) is 91.3 Å². The van der Waals surface area contributed by atoms with Crippen LogP contribution in [-0.2, 0) is 13.2 Å². The Balaban J connectivity index is 2.20. The van der Waals surface area contributed by atoms with E-state index in [0.717, 1.165) is 5.56 Å². The van der Waals surface area contributed by atoms with E-state index in [1.807, 2.05) is 24.3 Å². The summed E-state index contributed by atoms with van der Waals surface area (Å²) in [5, 5.41) is 11.1. The maximum atomic E-state index is 11.1. The second-order valence-corrected chi connectivity index (χ2v) is 4.76. The van der Waals surface area contributed by atoms with Crippen LogP contribution < -0.4 is 10.5 Å². The zero-order chi connectivity index (χ0) is 15.4. The van der Waals surface area contributed by atoms with E-state index < -0.39 is 0 Å². The molecule has 0 saturated heterocycles. The van der Waals surface area contributed by atoms with Crippen molar-refractivity contribution in [2.75, 3.05) is 0 Å². The number of rotatable bonds is 5. The van der Waals surface area contributed by atoms with Crippen molar-refractivity contribution in [1.29, 1.82) is 0 Å². The number of hydrogen-bond donors (Lipinski definition) is 1. The molecule has 6 nitrogen and oxygen atoms in total. The van der Waals surface area contributed by atoms with Crippen molar-refractivity contribution in [3.8, 4) is 5.75 Å². The number of hydrogen-bond acceptors (Lipinski definition) is 5. The molecule has 2 rings (SSSR count). The maximum absolute atomic E-state index is 11.1. The molecule has 0 spiro atoms. The van der Waals surface area contributed by atoms with Crippen LogP contribution in [0.3, 0.4) is 0 Å². The fourth-order valence-electron chi connectivity index (χ4n) is 2.11. The molecule has 0 bridgehead atoms. The smallest absolute Gasteiger partial charge is 0.278 e. The van der Waals surface area contributed by atoms with Gasteiger partial charge in [-0.25, -0.2) is 0 Å². The molecular formula is C15H17N3O3. The number of aryl methyl sites for hydroxylation is 1. The summed E-state index contributed by atoms with van der Waals surface area (Å²) in [6, 6.07) is 7.43. The highest BCUT2D eigenvalue weighted by molar-refractivity contribution is 5.47. The van der Waals surface area contributed by atoms with Crippen LogP contribution in [0.1, 0.15) is 22.4 Å². The Labute approximate surface area is 122 Å². The van der Waals surface area contributed by atoms with E-state index in [-0.39, 0.29) is 17.2 Å². The van der Waals surface area contributed by atoms with Crippen molar-refractivity contribution in [2.45, 2.75) is 27.0 Å². The van der Waals surface area contributed by atoms with E-state index in [1.54, 1.807) is 13.8 Å². The summed E-state index contributed by atoms with van der Waals surface area (Å²) >= 11 is 0. The predicted octanol–water partition coefficient (Wildman–Crippen LogP) is 2.64. The van der Waals surface area contributed by atoms with Crippen molar-refractivity contribution >= 4 is 5.69 Å². The van der Waals surface area contributed by atoms with Crippen molar-refractivity contribution in [2.24, 2.45) is 5.73 Å². The standard InChI is InChI=1S/C15H17N3O3/c1-10-8-17-14(11(2)15(10)18(19)20)9-21-13-5-3-4-12(6-13)7-16/h3-6,8H,7,9,16H2,1-2H3. The van der Waals surface area contributed by atoms with Gasteiger partial charge in [-0.1, -0.05) is 12.1 Å². The lowest BCUT2D eigenvalue weighted by Gasteiger charge is -2.10. The monoisotopic (exact) mass is 287 g/mol. The van der Waals surface area contributed by atoms with E-state index in [2.05, 4.69) is 4.98 Å². The third-order valence-electron chi connectivity index (χ3n) is 3.27. The SMILES string of the molecule is Cc1cnc(COc2cccc(CN)c2)c(C)c1[N+](=O)[O-]. The highest BCUT2D eigenvalue weighted by atomic mass is 16.6. The van der Waals surface area contributed by atoms with Crippen LogP contribution in [0.5, 0.6) is 5.75 Å². The summed E-state index contributed by atoms with van der Waals surface area (Å²) in [6.45, 7) is 3.98. The lowest BCUT2D eigenvalue weighted by Crippen LogP contribution is -2.06. The number of nitrogens with two attached hydrogens (primary N) is 1. The van der Waals surface area contributed by atoms with Gasteiger partial charge >= 0.3 is 0 Å². The second kappa shape index (κ2) is 6.32. The van der Waals surface area contributed by atoms with Crippen molar-refractivity contribution in [3.05, 3.63) is 63.0 Å². The summed E-state index contributed by atoms with van der Waals surface area (Å²) < 4.78 is 5.65. The van der Waals surface area contributed by atoms with Gasteiger partial charge < -0.3 is 10.5 Å². The number of aromatic nitrogens is 1. The molecule has 21 heavy (non-hydrogen) atoms. The van der Waals surface area contributed by atoms with Gasteiger partial charge in [0.2, 0.25) is 0 Å². The Bertz CT molecular complexity index is 671. The molecule has 2 N–H and O–H groups in total. The number of benzene rings is 1. The van der Waals surface area contributed by atoms with E-state index in [0.29, 0.717) is 29.1 Å². The molecule has 0 amide bonds. The van der Waals surface area contributed by atoms with Crippen molar-refractivity contribution in [3.63, 3.8) is 0 Å². The normalized spacial score (nSPS) is 10.4. The summed E-state index contributed by atoms with van der Waals surface area (Å²) in [7, 11) is 0. The molecule has 1 aromatic heterocycles. The average Bonchev–Trinajstić information content (AvgIpc) is 2.46. The lowest BCUT2D eigenvalue weighted by molar-refractivity contribution is -0.386. The van der Waals surface area contributed by atoms with Crippen LogP contribution in [0.25, 0.3) is 0 Å². The first kappa shape index (κ1) is 14.9. The molecule has 0 aliphatic heterocycles. The molecular weight excluding hydrogens is 270 g/mol. The molecule has 0 atom stereocenters. The third kappa shape index (κ3) is 3.35. The second-order valence-electron chi connectivity index (χ2n) is 4.76. The fraction of sp³-hybridized carbons (Fsp3) is 0.267. The summed E-state index contributed by atoms with van der Waals surface area (Å²) in [5.74, 6) is 0.669. The van der Waals surface area contributed by atoms with Crippen LogP contribution in [0.4, 0.5) is 5.69 Å². The highest BCUT2D eigenvalue weighted by Crippen LogP contribution is 2.25. The number of nitro groups is 1. The summed E-state index contributed by atoms with van der Waals surface area (Å²) in [5.41, 5.74) is 8.28. The minimum absolute atomic E-state index is 0.0966. The Kier molecular flexibility index (Phi) is 4.49. The van der Waals surface area contributed by atoms with Gasteiger partial charge in [0, 0.05) is 18.3 Å². The Morgan fingerprint density at radius 3 is 2.81 bits per heavy atom. The fourth-order valence-corrected chi connectivity index (χ4v) is 2.11. The highest BCUT2D eigenvalue weighted by Gasteiger charge is 2.18. The van der Waals surface area contributed by atoms with E-state index in [9.17, 15) is 10.1 Å². The third-order valence-corrected chi connectivity index (χ3v) is 3.27. The maximum Gasteiger partial charge on any atom is 0.278 e. The largest absolute Gasteiger partial charge is 0.487 e. The van der Waals surface area contributed by atoms with Gasteiger partial charge in [0.1, 0.15) is 12.4 Å². The Hall–Kier alpha value is -2.47. The van der Waals surface area contributed by atoms with Crippen LogP contribution in [0, 0.1) is 24.0 Å². The van der Waals surface area contributed by atoms with Crippen LogP contribution in [-0.4, -0.2) is 9.91 Å². The molecule has 0 saturated carbocycles. The van der Waals surface area contributed by atoms with Gasteiger partial charge in [0.05, 0.1) is 16.2 Å². The van der Waals surface area contributed by atoms with Gasteiger partial charge in [-0.2, -0.15) is 0 Å². The molecule has 0 fully saturated rings. The minimum Gasteiger partial charge on any atom is -0.487 e. The molecule has 110 valence electrons. The molecule has 0 radical (unpaired) electrons. The van der Waals surface area contributed by atoms with Crippen LogP contribution in [0.2, 0.25) is 0 Å². The van der Waals surface area contributed by atoms with Gasteiger partial charge in [-0.15, -0.1) is 0 Å². The predicted molar refractivity (Wildman–Crippen MR) is 79.0 cm³/mol. The van der Waals surface area contributed by atoms with Crippen molar-refractivity contribution < 1.29 is 9.66 Å². The molecule has 0 aliphatic carbocycles. The quantitative estimate of drug-likeness (QED) is 0.674. The minimum atomic E-state index is -0.384. The van der Waals surface area contributed by atoms with Gasteiger partial charge in [-0.05, 0) is 31.5 Å². The number of ether oxygens (including phenoxy) is 1. The van der Waals surface area contributed by atoms with E-state index in [1.165, 1.54) is 6.20 Å². The van der Waals surface area contributed by atoms with Gasteiger partial charge in [-0.3, -0.25) is 15.1 Å². The molecule has 6 heteroatoms. The van der Waals surface area contributed by atoms with Gasteiger partial charge in [0.25, 0.3) is 5.69 Å². The summed E-state index contributed by atoms with van der Waals surface area (Å²) in [4.78, 5) is 14.9. The Morgan fingerprint density at radius 2 is 2.14 bits per heavy atom. The average molecular weight is 287 g/mol. The van der Waals surface area contributed by atoms with Crippen molar-refractivity contribution in [1.82, 2.24) is 4.98 Å². The Morgan fingerprint density at radius 1 is 1.38 bits per heavy atom. The van der Waals surface area contributed by atoms with E-state index >= 15 is 0 Å². The molecule has 1 heterocycles. The van der Waals surface area contributed by atoms with Crippen LogP contribution >= 0.6 is 0 Å². The zero-order valence-electron chi connectivity index (χ0n) is 12.0. The first-order chi connectivity index (χ1) is 10.0. The molecule has 0 unspecified atom stereocenters. The zero-order valence-corrected chi connectivity index (χ0v) is 12.0. The first-order valence-corrected chi connectivity index (χ1v) is 6.54. The molecule has 2 aromatic rings. The van der Waals surface area contributed by atoms with E-state index in [4.69, 9.17) is 10.5 Å². The number of nitrogens with zero attached hydrogens (tertiary/aromatic N) is 2. The number of pyridine rings is 1. The summed E-state index contributed by atoms with van der Waals surface area (Å²) in [6.07, 6.45) is 1.50. The molecule has 0 aliphatic rings.